The maximum Gasteiger partial charge on any atom is 0.130 e. The minimum atomic E-state index is -0.326. The van der Waals surface area contributed by atoms with Crippen LogP contribution in [0.2, 0.25) is 0 Å². The SMILES string of the molecule is CC(C)(C)P(CC1=CC=CC(C=O)(CP(C(C)(C)C)C(C)(C)C)C1)C(C)(C)C. The second-order valence-electron chi connectivity index (χ2n) is 12.6. The monoisotopic (exact) mass is 424 g/mol. The quantitative estimate of drug-likeness (QED) is 0.321. The first-order valence-corrected chi connectivity index (χ1v) is 13.8. The van der Waals surface area contributed by atoms with Gasteiger partial charge in [-0.1, -0.05) is 123 Å². The van der Waals surface area contributed by atoms with E-state index in [4.69, 9.17) is 0 Å². The molecule has 1 nitrogen and oxygen atoms in total. The number of carbonyl (C=O) groups is 1. The van der Waals surface area contributed by atoms with E-state index in [9.17, 15) is 4.79 Å². The minimum Gasteiger partial charge on any atom is -0.302 e. The molecule has 1 unspecified atom stereocenters. The van der Waals surface area contributed by atoms with Crippen molar-refractivity contribution >= 4 is 22.1 Å². The molecular weight excluding hydrogens is 378 g/mol. The third-order valence-corrected chi connectivity index (χ3v) is 13.7. The largest absolute Gasteiger partial charge is 0.302 e. The third-order valence-electron chi connectivity index (χ3n) is 5.60. The molecule has 0 aliphatic heterocycles. The van der Waals surface area contributed by atoms with Crippen LogP contribution in [-0.4, -0.2) is 39.2 Å². The molecule has 0 spiro atoms. The molecule has 0 heterocycles. The van der Waals surface area contributed by atoms with Gasteiger partial charge in [-0.2, -0.15) is 0 Å². The number of hydrogen-bond acceptors (Lipinski definition) is 1. The van der Waals surface area contributed by atoms with Crippen LogP contribution >= 0.6 is 15.8 Å². The Morgan fingerprint density at radius 3 is 1.61 bits per heavy atom. The second-order valence-corrected chi connectivity index (χ2v) is 20.3. The molecule has 0 aromatic heterocycles. The predicted molar refractivity (Wildman–Crippen MR) is 133 cm³/mol. The molecule has 0 saturated carbocycles. The summed E-state index contributed by atoms with van der Waals surface area (Å²) in [5.74, 6) is 0. The molecule has 28 heavy (non-hydrogen) atoms. The summed E-state index contributed by atoms with van der Waals surface area (Å²) in [7, 11) is -0.499. The standard InChI is InChI=1S/C25H46OP2/c1-21(2,3)27(22(4,5)6)17-20-14-13-15-25(16-20,18-26)19-28(23(7,8)9)24(10,11)12/h13-15,18H,16-17,19H2,1-12H3. The van der Waals surface area contributed by atoms with Gasteiger partial charge in [0.05, 0.1) is 5.41 Å². The van der Waals surface area contributed by atoms with Crippen molar-refractivity contribution in [2.45, 2.75) is 110 Å². The van der Waals surface area contributed by atoms with Crippen LogP contribution in [0.25, 0.3) is 0 Å². The lowest BCUT2D eigenvalue weighted by atomic mass is 9.82. The molecule has 162 valence electrons. The molecule has 1 aliphatic rings. The first-order chi connectivity index (χ1) is 12.3. The fourth-order valence-corrected chi connectivity index (χ4v) is 12.1. The maximum atomic E-state index is 12.4. The predicted octanol–water partition coefficient (Wildman–Crippen LogP) is 8.22. The van der Waals surface area contributed by atoms with Gasteiger partial charge >= 0.3 is 0 Å². The van der Waals surface area contributed by atoms with Crippen molar-refractivity contribution in [1.29, 1.82) is 0 Å². The second kappa shape index (κ2) is 8.63. The Hall–Kier alpha value is 0.01000. The summed E-state index contributed by atoms with van der Waals surface area (Å²) < 4.78 is 0. The number of rotatable bonds is 5. The maximum absolute atomic E-state index is 12.4. The molecule has 0 amide bonds. The summed E-state index contributed by atoms with van der Waals surface area (Å²) in [5.41, 5.74) is 1.15. The number of aldehydes is 1. The summed E-state index contributed by atoms with van der Waals surface area (Å²) in [6.45, 7) is 28.4. The van der Waals surface area contributed by atoms with Gasteiger partial charge in [0, 0.05) is 0 Å². The van der Waals surface area contributed by atoms with Gasteiger partial charge in [0.1, 0.15) is 6.29 Å². The molecule has 1 rings (SSSR count). The molecule has 0 radical (unpaired) electrons. The van der Waals surface area contributed by atoms with Gasteiger partial charge < -0.3 is 4.79 Å². The average Bonchev–Trinajstić information content (AvgIpc) is 2.46. The summed E-state index contributed by atoms with van der Waals surface area (Å²) >= 11 is 0. The Kier molecular flexibility index (Phi) is 8.03. The number of hydrogen-bond donors (Lipinski definition) is 0. The molecule has 0 saturated heterocycles. The van der Waals surface area contributed by atoms with Crippen LogP contribution in [0.1, 0.15) is 89.5 Å². The summed E-state index contributed by atoms with van der Waals surface area (Å²) in [6.07, 6.45) is 11.0. The van der Waals surface area contributed by atoms with E-state index in [1.54, 1.807) is 0 Å². The van der Waals surface area contributed by atoms with Gasteiger partial charge in [0.15, 0.2) is 0 Å². The molecule has 0 fully saturated rings. The van der Waals surface area contributed by atoms with Crippen molar-refractivity contribution in [3.05, 3.63) is 23.8 Å². The van der Waals surface area contributed by atoms with E-state index in [2.05, 4.69) is 101 Å². The van der Waals surface area contributed by atoms with Crippen LogP contribution in [0.15, 0.2) is 23.8 Å². The average molecular weight is 425 g/mol. The van der Waals surface area contributed by atoms with Crippen molar-refractivity contribution in [2.24, 2.45) is 5.41 Å². The fourth-order valence-electron chi connectivity index (χ4n) is 4.71. The Morgan fingerprint density at radius 2 is 1.25 bits per heavy atom. The first-order valence-electron chi connectivity index (χ1n) is 10.7. The Morgan fingerprint density at radius 1 is 0.821 bits per heavy atom. The van der Waals surface area contributed by atoms with Gasteiger partial charge in [0.2, 0.25) is 0 Å². The molecule has 0 N–H and O–H groups in total. The molecule has 3 heteroatoms. The van der Waals surface area contributed by atoms with E-state index in [1.165, 1.54) is 11.9 Å². The van der Waals surface area contributed by atoms with Crippen LogP contribution in [0, 0.1) is 5.41 Å². The van der Waals surface area contributed by atoms with Crippen LogP contribution < -0.4 is 0 Å². The van der Waals surface area contributed by atoms with E-state index in [1.807, 2.05) is 0 Å². The van der Waals surface area contributed by atoms with Crippen LogP contribution in [-0.2, 0) is 4.79 Å². The van der Waals surface area contributed by atoms with Crippen LogP contribution in [0.4, 0.5) is 0 Å². The van der Waals surface area contributed by atoms with E-state index in [0.717, 1.165) is 18.7 Å². The number of allylic oxidation sites excluding steroid dienone is 4. The molecule has 1 aliphatic carbocycles. The van der Waals surface area contributed by atoms with Gasteiger partial charge in [-0.25, -0.2) is 0 Å². The van der Waals surface area contributed by atoms with Crippen molar-refractivity contribution in [3.8, 4) is 0 Å². The highest BCUT2D eigenvalue weighted by atomic mass is 31.1. The third kappa shape index (κ3) is 7.06. The lowest BCUT2D eigenvalue weighted by Gasteiger charge is -2.46. The summed E-state index contributed by atoms with van der Waals surface area (Å²) in [5, 5.41) is 1.09. The van der Waals surface area contributed by atoms with E-state index < -0.39 is 0 Å². The molecule has 0 aromatic rings. The Balaban J connectivity index is 3.16. The zero-order valence-electron chi connectivity index (χ0n) is 20.7. The zero-order valence-corrected chi connectivity index (χ0v) is 22.5. The zero-order chi connectivity index (χ0) is 22.2. The highest BCUT2D eigenvalue weighted by Crippen LogP contribution is 2.64. The smallest absolute Gasteiger partial charge is 0.130 e. The van der Waals surface area contributed by atoms with Gasteiger partial charge in [-0.05, 0) is 39.4 Å². The van der Waals surface area contributed by atoms with Crippen LogP contribution in [0.5, 0.6) is 0 Å². The van der Waals surface area contributed by atoms with Crippen molar-refractivity contribution in [2.75, 3.05) is 12.3 Å². The Labute approximate surface area is 178 Å². The lowest BCUT2D eigenvalue weighted by molar-refractivity contribution is -0.113. The minimum absolute atomic E-state index is 0.190. The fraction of sp³-hybridized carbons (Fsp3) is 0.800. The topological polar surface area (TPSA) is 17.1 Å². The van der Waals surface area contributed by atoms with Gasteiger partial charge in [-0.3, -0.25) is 0 Å². The molecule has 0 bridgehead atoms. The normalized spacial score (nSPS) is 22.0. The van der Waals surface area contributed by atoms with Crippen molar-refractivity contribution in [3.63, 3.8) is 0 Å². The van der Waals surface area contributed by atoms with E-state index >= 15 is 0 Å². The highest BCUT2D eigenvalue weighted by Gasteiger charge is 2.42. The first kappa shape index (κ1) is 26.0. The van der Waals surface area contributed by atoms with Crippen molar-refractivity contribution in [1.82, 2.24) is 0 Å². The summed E-state index contributed by atoms with van der Waals surface area (Å²) in [4.78, 5) is 12.4. The molecular formula is C25H46OP2. The molecule has 0 aromatic carbocycles. The van der Waals surface area contributed by atoms with Gasteiger partial charge in [0.25, 0.3) is 0 Å². The Bertz CT molecular complexity index is 574. The lowest BCUT2D eigenvalue weighted by Crippen LogP contribution is -2.35. The van der Waals surface area contributed by atoms with Gasteiger partial charge in [-0.15, -0.1) is 0 Å². The number of carbonyl (C=O) groups excluding carboxylic acids is 1. The van der Waals surface area contributed by atoms with E-state index in [0.29, 0.717) is 10.3 Å². The molecule has 1 atom stereocenters. The summed E-state index contributed by atoms with van der Waals surface area (Å²) in [6, 6.07) is 0. The van der Waals surface area contributed by atoms with E-state index in [-0.39, 0.29) is 31.6 Å². The highest BCUT2D eigenvalue weighted by molar-refractivity contribution is 7.61. The van der Waals surface area contributed by atoms with Crippen LogP contribution in [0.3, 0.4) is 0 Å². The van der Waals surface area contributed by atoms with Crippen molar-refractivity contribution < 1.29 is 4.79 Å².